The molecule has 33 heavy (non-hydrogen) atoms. The zero-order valence-electron chi connectivity index (χ0n) is 19.9. The molecule has 1 unspecified atom stereocenters. The molecule has 1 N–H and O–H groups in total. The molecule has 0 amide bonds. The molecular formula is C25H32N6O2. The third-order valence-corrected chi connectivity index (χ3v) is 5.42. The number of fused-ring (bicyclic) bond motifs is 1. The Labute approximate surface area is 194 Å². The van der Waals surface area contributed by atoms with Gasteiger partial charge < -0.3 is 19.7 Å². The topological polar surface area (TPSA) is 77.3 Å². The lowest BCUT2D eigenvalue weighted by molar-refractivity contribution is 0.00504. The maximum Gasteiger partial charge on any atom is 0.222 e. The first-order chi connectivity index (χ1) is 16.0. The van der Waals surface area contributed by atoms with Gasteiger partial charge in [-0.15, -0.1) is 0 Å². The summed E-state index contributed by atoms with van der Waals surface area (Å²) in [6.45, 7) is 12.0. The van der Waals surface area contributed by atoms with Crippen LogP contribution < -0.4 is 10.1 Å². The maximum atomic E-state index is 5.87. The second-order valence-corrected chi connectivity index (χ2v) is 8.09. The predicted octanol–water partition coefficient (Wildman–Crippen LogP) is 4.90. The zero-order chi connectivity index (χ0) is 23.4. The molecule has 1 aliphatic heterocycles. The molecule has 3 aromatic rings. The van der Waals surface area contributed by atoms with Crippen LogP contribution in [-0.4, -0.2) is 50.8 Å². The van der Waals surface area contributed by atoms with Crippen molar-refractivity contribution in [3.05, 3.63) is 54.5 Å². The van der Waals surface area contributed by atoms with Gasteiger partial charge in [0.05, 0.1) is 35.9 Å². The van der Waals surface area contributed by atoms with Crippen LogP contribution >= 0.6 is 0 Å². The summed E-state index contributed by atoms with van der Waals surface area (Å²) in [5.74, 6) is 0.576. The van der Waals surface area contributed by atoms with Crippen molar-refractivity contribution < 1.29 is 9.47 Å². The molecule has 4 heterocycles. The molecule has 8 heteroatoms. The number of nitrogens with one attached hydrogen (secondary N) is 1. The normalized spacial score (nSPS) is 15.6. The molecular weight excluding hydrogens is 416 g/mol. The fraction of sp³-hybridized carbons (Fsp3) is 0.400. The monoisotopic (exact) mass is 448 g/mol. The number of aryl methyl sites for hydroxylation is 1. The van der Waals surface area contributed by atoms with Crippen LogP contribution in [0.25, 0.3) is 22.3 Å². The van der Waals surface area contributed by atoms with Gasteiger partial charge in [0.1, 0.15) is 11.0 Å². The molecule has 1 atom stereocenters. The van der Waals surface area contributed by atoms with E-state index in [0.29, 0.717) is 25.8 Å². The van der Waals surface area contributed by atoms with Crippen molar-refractivity contribution in [2.45, 2.75) is 46.9 Å². The van der Waals surface area contributed by atoms with Crippen molar-refractivity contribution in [2.24, 2.45) is 0 Å². The van der Waals surface area contributed by atoms with Crippen LogP contribution in [0, 0.1) is 6.92 Å². The minimum atomic E-state index is -0.107. The van der Waals surface area contributed by atoms with E-state index in [1.54, 1.807) is 6.20 Å². The van der Waals surface area contributed by atoms with E-state index in [1.807, 2.05) is 62.0 Å². The minimum Gasteiger partial charge on any atom is -0.477 e. The summed E-state index contributed by atoms with van der Waals surface area (Å²) in [4.78, 5) is 11.5. The van der Waals surface area contributed by atoms with Gasteiger partial charge in [-0.05, 0) is 65.0 Å². The summed E-state index contributed by atoms with van der Waals surface area (Å²) in [6, 6.07) is 6.14. The fourth-order valence-electron chi connectivity index (χ4n) is 3.92. The van der Waals surface area contributed by atoms with Gasteiger partial charge in [0.25, 0.3) is 0 Å². The van der Waals surface area contributed by atoms with Gasteiger partial charge in [-0.25, -0.2) is 9.97 Å². The van der Waals surface area contributed by atoms with Crippen LogP contribution in [0.5, 0.6) is 5.88 Å². The van der Waals surface area contributed by atoms with Gasteiger partial charge in [-0.1, -0.05) is 6.08 Å². The standard InChI is InChI=1S/C25H32N6O2/c1-6-32-22-12-8-9-14-30(22)16-27-21-15-20(19-11-10-13-26-25(19)33-7-2)28-23-18(5)29-31(17(3)4)24(21)23/h8-15,17,22H,6-7,16H2,1-5H3,(H,27,28). The molecule has 0 bridgehead atoms. The molecule has 0 saturated heterocycles. The molecule has 0 fully saturated rings. The van der Waals surface area contributed by atoms with E-state index in [4.69, 9.17) is 19.6 Å². The predicted molar refractivity (Wildman–Crippen MR) is 131 cm³/mol. The number of nitrogens with zero attached hydrogens (tertiary/aromatic N) is 5. The smallest absolute Gasteiger partial charge is 0.222 e. The Bertz CT molecular complexity index is 1170. The summed E-state index contributed by atoms with van der Waals surface area (Å²) >= 11 is 0. The number of ether oxygens (including phenoxy) is 2. The zero-order valence-corrected chi connectivity index (χ0v) is 19.9. The molecule has 3 aromatic heterocycles. The molecule has 0 radical (unpaired) electrons. The second kappa shape index (κ2) is 10.0. The third kappa shape index (κ3) is 4.71. The first-order valence-electron chi connectivity index (χ1n) is 11.5. The highest BCUT2D eigenvalue weighted by Gasteiger charge is 2.21. The van der Waals surface area contributed by atoms with Crippen molar-refractivity contribution in [3.63, 3.8) is 0 Å². The van der Waals surface area contributed by atoms with Crippen LogP contribution in [0.4, 0.5) is 5.69 Å². The van der Waals surface area contributed by atoms with Gasteiger partial charge >= 0.3 is 0 Å². The quantitative estimate of drug-likeness (QED) is 0.499. The van der Waals surface area contributed by atoms with E-state index < -0.39 is 0 Å². The summed E-state index contributed by atoms with van der Waals surface area (Å²) in [5.41, 5.74) is 5.34. The van der Waals surface area contributed by atoms with E-state index in [9.17, 15) is 0 Å². The molecule has 8 nitrogen and oxygen atoms in total. The average molecular weight is 449 g/mol. The SMILES string of the molecule is CCOc1ncccc1-c1cc(NCN2C=CC=CC2OCC)c2c(n1)c(C)nn2C(C)C. The summed E-state index contributed by atoms with van der Waals surface area (Å²) in [7, 11) is 0. The Balaban J connectivity index is 1.78. The van der Waals surface area contributed by atoms with Crippen LogP contribution in [-0.2, 0) is 4.74 Å². The summed E-state index contributed by atoms with van der Waals surface area (Å²) in [6.07, 6.45) is 9.73. The van der Waals surface area contributed by atoms with Gasteiger partial charge in [-0.2, -0.15) is 5.10 Å². The average Bonchev–Trinajstić information content (AvgIpc) is 3.16. The minimum absolute atomic E-state index is 0.107. The van der Waals surface area contributed by atoms with Gasteiger partial charge in [0, 0.05) is 25.0 Å². The van der Waals surface area contributed by atoms with Crippen molar-refractivity contribution in [2.75, 3.05) is 25.2 Å². The number of anilines is 1. The van der Waals surface area contributed by atoms with Crippen molar-refractivity contribution in [1.82, 2.24) is 24.6 Å². The number of hydrogen-bond donors (Lipinski definition) is 1. The summed E-state index contributed by atoms with van der Waals surface area (Å²) < 4.78 is 13.7. The van der Waals surface area contributed by atoms with E-state index in [0.717, 1.165) is 33.7 Å². The molecule has 174 valence electrons. The van der Waals surface area contributed by atoms with Crippen LogP contribution in [0.2, 0.25) is 0 Å². The fourth-order valence-corrected chi connectivity index (χ4v) is 3.92. The highest BCUT2D eigenvalue weighted by atomic mass is 16.5. The number of allylic oxidation sites excluding steroid dienone is 2. The lowest BCUT2D eigenvalue weighted by atomic mass is 10.1. The molecule has 4 rings (SSSR count). The number of hydrogen-bond acceptors (Lipinski definition) is 7. The Morgan fingerprint density at radius 2 is 2.03 bits per heavy atom. The molecule has 0 aliphatic carbocycles. The number of pyridine rings is 2. The first-order valence-corrected chi connectivity index (χ1v) is 11.5. The molecule has 0 saturated carbocycles. The van der Waals surface area contributed by atoms with Crippen molar-refractivity contribution in [3.8, 4) is 17.1 Å². The molecule has 0 aromatic carbocycles. The lowest BCUT2D eigenvalue weighted by Gasteiger charge is -2.30. The number of rotatable bonds is 9. The van der Waals surface area contributed by atoms with Crippen molar-refractivity contribution >= 4 is 16.7 Å². The first kappa shape index (κ1) is 22.8. The highest BCUT2D eigenvalue weighted by molar-refractivity contribution is 5.93. The van der Waals surface area contributed by atoms with Crippen LogP contribution in [0.15, 0.2) is 48.8 Å². The van der Waals surface area contributed by atoms with E-state index in [-0.39, 0.29) is 12.3 Å². The second-order valence-electron chi connectivity index (χ2n) is 8.09. The lowest BCUT2D eigenvalue weighted by Crippen LogP contribution is -2.36. The van der Waals surface area contributed by atoms with Crippen LogP contribution in [0.3, 0.4) is 0 Å². The Morgan fingerprint density at radius 1 is 1.18 bits per heavy atom. The largest absolute Gasteiger partial charge is 0.477 e. The summed E-state index contributed by atoms with van der Waals surface area (Å²) in [5, 5.41) is 8.40. The molecule has 0 spiro atoms. The molecule has 1 aliphatic rings. The van der Waals surface area contributed by atoms with Gasteiger partial charge in [0.15, 0.2) is 6.23 Å². The van der Waals surface area contributed by atoms with E-state index in [1.165, 1.54) is 0 Å². The Kier molecular flexibility index (Phi) is 6.93. The van der Waals surface area contributed by atoms with E-state index in [2.05, 4.69) is 35.1 Å². The highest BCUT2D eigenvalue weighted by Crippen LogP contribution is 2.34. The van der Waals surface area contributed by atoms with Gasteiger partial charge in [0.2, 0.25) is 5.88 Å². The van der Waals surface area contributed by atoms with Gasteiger partial charge in [-0.3, -0.25) is 4.68 Å². The van der Waals surface area contributed by atoms with Crippen molar-refractivity contribution in [1.29, 1.82) is 0 Å². The third-order valence-electron chi connectivity index (χ3n) is 5.42. The Hall–Kier alpha value is -3.39. The number of aromatic nitrogens is 4. The Morgan fingerprint density at radius 3 is 2.79 bits per heavy atom. The van der Waals surface area contributed by atoms with Crippen LogP contribution in [0.1, 0.15) is 39.4 Å². The van der Waals surface area contributed by atoms with E-state index >= 15 is 0 Å². The maximum absolute atomic E-state index is 5.87.